The number of carboxylic acids is 1. The van der Waals surface area contributed by atoms with Gasteiger partial charge < -0.3 is 15.7 Å². The molecule has 1 fully saturated rings. The smallest absolute Gasteiger partial charge is 0.327 e. The molecule has 6 nitrogen and oxygen atoms in total. The Morgan fingerprint density at radius 2 is 2.05 bits per heavy atom. The van der Waals surface area contributed by atoms with Gasteiger partial charge in [-0.1, -0.05) is 30.3 Å². The van der Waals surface area contributed by atoms with Crippen LogP contribution in [-0.4, -0.2) is 39.9 Å². The minimum Gasteiger partial charge on any atom is -0.480 e. The van der Waals surface area contributed by atoms with E-state index in [2.05, 4.69) is 10.6 Å². The van der Waals surface area contributed by atoms with Crippen molar-refractivity contribution in [2.75, 3.05) is 5.75 Å². The molecule has 1 heterocycles. The second-order valence-corrected chi connectivity index (χ2v) is 5.92. The molecular weight excluding hydrogens is 292 g/mol. The third kappa shape index (κ3) is 4.49. The first kappa shape index (κ1) is 15.4. The van der Waals surface area contributed by atoms with Crippen molar-refractivity contribution in [2.45, 2.75) is 24.3 Å². The van der Waals surface area contributed by atoms with Gasteiger partial charge in [0.25, 0.3) is 0 Å². The van der Waals surface area contributed by atoms with Crippen molar-refractivity contribution in [3.05, 3.63) is 35.9 Å². The van der Waals surface area contributed by atoms with Crippen LogP contribution in [0.2, 0.25) is 0 Å². The Labute approximate surface area is 126 Å². The van der Waals surface area contributed by atoms with Crippen molar-refractivity contribution in [3.63, 3.8) is 0 Å². The predicted octanol–water partition coefficient (Wildman–Crippen LogP) is 0.378. The standard InChI is InChI=1S/C14H16N2O4S/c17-12(15-7-9-4-2-1-3-5-9)6-11-13(18)16-10(8-21-11)14(19)20/h1-5,10-11H,6-8H2,(H,15,17)(H,16,18)(H,19,20)/t10-,11+/m1/s1. The molecule has 112 valence electrons. The van der Waals surface area contributed by atoms with Gasteiger partial charge >= 0.3 is 5.97 Å². The fourth-order valence-corrected chi connectivity index (χ4v) is 3.06. The summed E-state index contributed by atoms with van der Waals surface area (Å²) < 4.78 is 0. The maximum Gasteiger partial charge on any atom is 0.327 e. The van der Waals surface area contributed by atoms with Crippen LogP contribution < -0.4 is 10.6 Å². The number of hydrogen-bond acceptors (Lipinski definition) is 4. The first-order valence-corrected chi connectivity index (χ1v) is 7.56. The summed E-state index contributed by atoms with van der Waals surface area (Å²) in [5, 5.41) is 13.5. The molecule has 1 aliphatic rings. The van der Waals surface area contributed by atoms with Crippen LogP contribution in [0, 0.1) is 0 Å². The summed E-state index contributed by atoms with van der Waals surface area (Å²) in [6.45, 7) is 0.413. The summed E-state index contributed by atoms with van der Waals surface area (Å²) >= 11 is 1.20. The van der Waals surface area contributed by atoms with Gasteiger partial charge in [0.1, 0.15) is 6.04 Å². The zero-order valence-corrected chi connectivity index (χ0v) is 12.1. The number of carbonyl (C=O) groups excluding carboxylic acids is 2. The van der Waals surface area contributed by atoms with E-state index in [0.717, 1.165) is 5.56 Å². The second kappa shape index (κ2) is 7.12. The molecule has 3 N–H and O–H groups in total. The molecule has 0 spiro atoms. The zero-order chi connectivity index (χ0) is 15.2. The highest BCUT2D eigenvalue weighted by atomic mass is 32.2. The molecule has 1 aliphatic heterocycles. The van der Waals surface area contributed by atoms with E-state index in [4.69, 9.17) is 5.11 Å². The van der Waals surface area contributed by atoms with Gasteiger partial charge in [-0.05, 0) is 5.56 Å². The third-order valence-electron chi connectivity index (χ3n) is 3.07. The summed E-state index contributed by atoms with van der Waals surface area (Å²) in [4.78, 5) is 34.3. The monoisotopic (exact) mass is 308 g/mol. The van der Waals surface area contributed by atoms with Crippen LogP contribution in [0.3, 0.4) is 0 Å². The summed E-state index contributed by atoms with van der Waals surface area (Å²) in [6.07, 6.45) is 0.0513. The lowest BCUT2D eigenvalue weighted by Gasteiger charge is -2.25. The lowest BCUT2D eigenvalue weighted by atomic mass is 10.2. The number of amides is 2. The van der Waals surface area contributed by atoms with Gasteiger partial charge in [-0.3, -0.25) is 9.59 Å². The van der Waals surface area contributed by atoms with E-state index in [9.17, 15) is 14.4 Å². The predicted molar refractivity (Wildman–Crippen MR) is 78.7 cm³/mol. The third-order valence-corrected chi connectivity index (χ3v) is 4.38. The first-order valence-electron chi connectivity index (χ1n) is 6.51. The van der Waals surface area contributed by atoms with Crippen molar-refractivity contribution in [2.24, 2.45) is 0 Å². The number of benzene rings is 1. The van der Waals surface area contributed by atoms with Gasteiger partial charge in [0, 0.05) is 18.7 Å². The van der Waals surface area contributed by atoms with Crippen molar-refractivity contribution in [3.8, 4) is 0 Å². The van der Waals surface area contributed by atoms with E-state index in [-0.39, 0.29) is 18.1 Å². The Bertz CT molecular complexity index is 535. The molecule has 0 saturated carbocycles. The van der Waals surface area contributed by atoms with Gasteiger partial charge in [0.15, 0.2) is 0 Å². The topological polar surface area (TPSA) is 95.5 Å². The number of carboxylic acid groups (broad SMARTS) is 1. The van der Waals surface area contributed by atoms with Crippen LogP contribution in [0.5, 0.6) is 0 Å². The fraction of sp³-hybridized carbons (Fsp3) is 0.357. The highest BCUT2D eigenvalue weighted by molar-refractivity contribution is 8.00. The maximum atomic E-state index is 11.8. The van der Waals surface area contributed by atoms with Crippen LogP contribution in [0.4, 0.5) is 0 Å². The van der Waals surface area contributed by atoms with Gasteiger partial charge in [-0.15, -0.1) is 11.8 Å². The Hall–Kier alpha value is -2.02. The quantitative estimate of drug-likeness (QED) is 0.731. The summed E-state index contributed by atoms with van der Waals surface area (Å²) in [6, 6.07) is 8.61. The molecule has 1 aromatic carbocycles. The SMILES string of the molecule is O=C(C[C@@H]1SC[C@H](C(=O)O)NC1=O)NCc1ccccc1. The second-order valence-electron chi connectivity index (χ2n) is 4.69. The molecule has 7 heteroatoms. The molecule has 2 atom stereocenters. The highest BCUT2D eigenvalue weighted by Gasteiger charge is 2.33. The molecule has 1 saturated heterocycles. The molecule has 0 bridgehead atoms. The van der Waals surface area contributed by atoms with Crippen LogP contribution in [0.25, 0.3) is 0 Å². The number of hydrogen-bond donors (Lipinski definition) is 3. The minimum atomic E-state index is -1.05. The molecular formula is C14H16N2O4S. The van der Waals surface area contributed by atoms with E-state index in [1.807, 2.05) is 30.3 Å². The number of rotatable bonds is 5. The molecule has 21 heavy (non-hydrogen) atoms. The summed E-state index contributed by atoms with van der Waals surface area (Å²) in [5.74, 6) is -1.39. The molecule has 2 amide bonds. The Morgan fingerprint density at radius 1 is 1.33 bits per heavy atom. The van der Waals surface area contributed by atoms with Crippen molar-refractivity contribution >= 4 is 29.5 Å². The highest BCUT2D eigenvalue weighted by Crippen LogP contribution is 2.21. The summed E-state index contributed by atoms with van der Waals surface area (Å²) in [7, 11) is 0. The van der Waals surface area contributed by atoms with Gasteiger partial charge in [-0.2, -0.15) is 0 Å². The largest absolute Gasteiger partial charge is 0.480 e. The summed E-state index contributed by atoms with van der Waals surface area (Å²) in [5.41, 5.74) is 0.984. The van der Waals surface area contributed by atoms with Crippen LogP contribution in [-0.2, 0) is 20.9 Å². The molecule has 1 aromatic rings. The Kier molecular flexibility index (Phi) is 5.21. The van der Waals surface area contributed by atoms with Crippen LogP contribution >= 0.6 is 11.8 Å². The number of carbonyl (C=O) groups is 3. The first-order chi connectivity index (χ1) is 10.1. The van der Waals surface area contributed by atoms with Gasteiger partial charge in [0.05, 0.1) is 5.25 Å². The zero-order valence-electron chi connectivity index (χ0n) is 11.2. The molecule has 2 rings (SSSR count). The lowest BCUT2D eigenvalue weighted by molar-refractivity contribution is -0.141. The average Bonchev–Trinajstić information content (AvgIpc) is 2.48. The van der Waals surface area contributed by atoms with E-state index in [1.165, 1.54) is 11.8 Å². The van der Waals surface area contributed by atoms with Crippen LogP contribution in [0.1, 0.15) is 12.0 Å². The van der Waals surface area contributed by atoms with E-state index >= 15 is 0 Å². The minimum absolute atomic E-state index is 0.0513. The number of nitrogens with one attached hydrogen (secondary N) is 2. The number of aliphatic carboxylic acids is 1. The molecule has 0 aromatic heterocycles. The van der Waals surface area contributed by atoms with Crippen LogP contribution in [0.15, 0.2) is 30.3 Å². The number of thioether (sulfide) groups is 1. The molecule has 0 radical (unpaired) electrons. The van der Waals surface area contributed by atoms with Gasteiger partial charge in [0.2, 0.25) is 11.8 Å². The fourth-order valence-electron chi connectivity index (χ4n) is 1.92. The van der Waals surface area contributed by atoms with Crippen molar-refractivity contribution < 1.29 is 19.5 Å². The van der Waals surface area contributed by atoms with E-state index in [1.54, 1.807) is 0 Å². The molecule has 0 unspecified atom stereocenters. The lowest BCUT2D eigenvalue weighted by Crippen LogP contribution is -2.51. The van der Waals surface area contributed by atoms with Crippen molar-refractivity contribution in [1.82, 2.24) is 10.6 Å². The molecule has 0 aliphatic carbocycles. The van der Waals surface area contributed by atoms with E-state index < -0.39 is 23.2 Å². The van der Waals surface area contributed by atoms with E-state index in [0.29, 0.717) is 6.54 Å². The average molecular weight is 308 g/mol. The Balaban J connectivity index is 1.78. The Morgan fingerprint density at radius 3 is 2.67 bits per heavy atom. The van der Waals surface area contributed by atoms with Crippen molar-refractivity contribution in [1.29, 1.82) is 0 Å². The van der Waals surface area contributed by atoms with Gasteiger partial charge in [-0.25, -0.2) is 4.79 Å². The maximum absolute atomic E-state index is 11.8. The normalized spacial score (nSPS) is 21.4.